The molecule has 0 atom stereocenters. The number of aryl methyl sites for hydroxylation is 2. The van der Waals surface area contributed by atoms with E-state index in [1.807, 2.05) is 39.8 Å². The zero-order valence-electron chi connectivity index (χ0n) is 21.3. The van der Waals surface area contributed by atoms with Crippen molar-refractivity contribution in [3.63, 3.8) is 0 Å². The number of nitrogens with one attached hydrogen (secondary N) is 1. The Hall–Kier alpha value is -3.85. The Bertz CT molecular complexity index is 1380. The summed E-state index contributed by atoms with van der Waals surface area (Å²) < 4.78 is 39.0. The van der Waals surface area contributed by atoms with Crippen LogP contribution in [0.15, 0.2) is 64.6 Å². The molecule has 0 aliphatic rings. The van der Waals surface area contributed by atoms with Gasteiger partial charge in [0, 0.05) is 6.07 Å². The van der Waals surface area contributed by atoms with Gasteiger partial charge in [0.05, 0.1) is 31.0 Å². The van der Waals surface area contributed by atoms with Gasteiger partial charge < -0.3 is 9.47 Å². The lowest BCUT2D eigenvalue weighted by Gasteiger charge is -2.25. The van der Waals surface area contributed by atoms with E-state index in [2.05, 4.69) is 10.5 Å². The van der Waals surface area contributed by atoms with Gasteiger partial charge in [0.1, 0.15) is 18.0 Å². The van der Waals surface area contributed by atoms with Crippen molar-refractivity contribution >= 4 is 27.8 Å². The summed E-state index contributed by atoms with van der Waals surface area (Å²) in [6, 6.07) is 15.1. The third-order valence-electron chi connectivity index (χ3n) is 6.04. The Labute approximate surface area is 212 Å². The minimum Gasteiger partial charge on any atom is -0.497 e. The predicted octanol–water partition coefficient (Wildman–Crippen LogP) is 4.28. The second-order valence-corrected chi connectivity index (χ2v) is 10.2. The van der Waals surface area contributed by atoms with Crippen LogP contribution in [0.1, 0.15) is 27.8 Å². The van der Waals surface area contributed by atoms with Crippen molar-refractivity contribution in [1.29, 1.82) is 0 Å². The first-order valence-corrected chi connectivity index (χ1v) is 12.7. The molecule has 0 aromatic heterocycles. The predicted molar refractivity (Wildman–Crippen MR) is 142 cm³/mol. The first-order valence-electron chi connectivity index (χ1n) is 11.3. The normalized spacial score (nSPS) is 11.4. The lowest BCUT2D eigenvalue weighted by Crippen LogP contribution is -2.39. The van der Waals surface area contributed by atoms with E-state index in [9.17, 15) is 13.2 Å². The summed E-state index contributed by atoms with van der Waals surface area (Å²) in [5, 5.41) is 4.06. The van der Waals surface area contributed by atoms with Gasteiger partial charge in [0.15, 0.2) is 0 Å². The molecule has 3 aromatic carbocycles. The molecule has 0 radical (unpaired) electrons. The zero-order chi connectivity index (χ0) is 26.5. The Morgan fingerprint density at radius 1 is 0.944 bits per heavy atom. The maximum atomic E-state index is 13.7. The molecular weight excluding hydrogens is 478 g/mol. The Morgan fingerprint density at radius 2 is 1.64 bits per heavy atom. The third kappa shape index (κ3) is 5.85. The maximum Gasteiger partial charge on any atom is 0.264 e. The van der Waals surface area contributed by atoms with Gasteiger partial charge in [0.2, 0.25) is 0 Å². The number of methoxy groups -OCH3 is 2. The number of carbonyl (C=O) groups is 1. The van der Waals surface area contributed by atoms with Crippen LogP contribution < -0.4 is 19.2 Å². The number of ether oxygens (including phenoxy) is 2. The van der Waals surface area contributed by atoms with Gasteiger partial charge in [-0.25, -0.2) is 13.8 Å². The Balaban J connectivity index is 1.95. The smallest absolute Gasteiger partial charge is 0.264 e. The lowest BCUT2D eigenvalue weighted by atomic mass is 10.00. The molecule has 0 unspecified atom stereocenters. The van der Waals surface area contributed by atoms with Crippen LogP contribution in [0.2, 0.25) is 0 Å². The first-order chi connectivity index (χ1) is 17.1. The molecule has 0 spiro atoms. The molecule has 0 fully saturated rings. The van der Waals surface area contributed by atoms with Crippen LogP contribution in [0.25, 0.3) is 0 Å². The van der Waals surface area contributed by atoms with Crippen LogP contribution in [0, 0.1) is 27.7 Å². The molecule has 0 saturated heterocycles. The van der Waals surface area contributed by atoms with E-state index in [0.717, 1.165) is 32.1 Å². The highest BCUT2D eigenvalue weighted by molar-refractivity contribution is 7.92. The first kappa shape index (κ1) is 26.7. The minimum atomic E-state index is -4.13. The molecular formula is C27H31N3O5S. The summed E-state index contributed by atoms with van der Waals surface area (Å²) in [6.07, 6.45) is 1.55. The Kier molecular flexibility index (Phi) is 8.37. The largest absolute Gasteiger partial charge is 0.497 e. The molecule has 0 heterocycles. The summed E-state index contributed by atoms with van der Waals surface area (Å²) in [6.45, 7) is 7.37. The number of benzene rings is 3. The second-order valence-electron chi connectivity index (χ2n) is 8.38. The summed E-state index contributed by atoms with van der Waals surface area (Å²) >= 11 is 0. The van der Waals surface area contributed by atoms with Gasteiger partial charge in [-0.15, -0.1) is 0 Å². The van der Waals surface area contributed by atoms with Gasteiger partial charge in [0.25, 0.3) is 15.9 Å². The van der Waals surface area contributed by atoms with Gasteiger partial charge in [-0.05, 0) is 74.2 Å². The molecule has 0 aliphatic heterocycles. The fourth-order valence-corrected chi connectivity index (χ4v) is 5.01. The van der Waals surface area contributed by atoms with E-state index in [-0.39, 0.29) is 16.3 Å². The molecule has 36 heavy (non-hydrogen) atoms. The number of carbonyl (C=O) groups excluding carboxylic acids is 1. The van der Waals surface area contributed by atoms with Crippen LogP contribution >= 0.6 is 0 Å². The fourth-order valence-electron chi connectivity index (χ4n) is 3.59. The topological polar surface area (TPSA) is 97.3 Å². The molecule has 0 saturated carbocycles. The monoisotopic (exact) mass is 509 g/mol. The molecule has 8 nitrogen and oxygen atoms in total. The number of hydrogen-bond acceptors (Lipinski definition) is 6. The van der Waals surface area contributed by atoms with Crippen LogP contribution in [0.4, 0.5) is 5.69 Å². The van der Waals surface area contributed by atoms with Crippen molar-refractivity contribution in [2.75, 3.05) is 25.1 Å². The second kappa shape index (κ2) is 11.3. The van der Waals surface area contributed by atoms with Crippen LogP contribution in [-0.2, 0) is 14.8 Å². The molecule has 3 rings (SSSR count). The zero-order valence-corrected chi connectivity index (χ0v) is 22.1. The number of hydrogen-bond donors (Lipinski definition) is 1. The van der Waals surface area contributed by atoms with E-state index >= 15 is 0 Å². The third-order valence-corrected chi connectivity index (χ3v) is 7.82. The fraction of sp³-hybridized carbons (Fsp3) is 0.259. The Morgan fingerprint density at radius 3 is 2.28 bits per heavy atom. The number of anilines is 1. The van der Waals surface area contributed by atoms with Crippen molar-refractivity contribution in [3.8, 4) is 11.5 Å². The van der Waals surface area contributed by atoms with Crippen molar-refractivity contribution in [1.82, 2.24) is 5.43 Å². The number of rotatable bonds is 9. The lowest BCUT2D eigenvalue weighted by molar-refractivity contribution is -0.119. The molecule has 1 amide bonds. The van der Waals surface area contributed by atoms with Gasteiger partial charge in [-0.3, -0.25) is 9.10 Å². The summed E-state index contributed by atoms with van der Waals surface area (Å²) in [5.74, 6) is 0.0698. The SMILES string of the molecule is COc1ccc(OC)c(N(CC(=O)N/N=C\c2ccc(C)c(C)c2C)S(=O)(=O)c2ccc(C)cc2)c1. The van der Waals surface area contributed by atoms with Crippen molar-refractivity contribution in [2.45, 2.75) is 32.6 Å². The number of nitrogens with zero attached hydrogens (tertiary/aromatic N) is 2. The van der Waals surface area contributed by atoms with E-state index < -0.39 is 22.5 Å². The molecule has 0 aliphatic carbocycles. The highest BCUT2D eigenvalue weighted by Gasteiger charge is 2.30. The highest BCUT2D eigenvalue weighted by atomic mass is 32.2. The quantitative estimate of drug-likeness (QED) is 0.343. The van der Waals surface area contributed by atoms with E-state index in [0.29, 0.717) is 5.75 Å². The molecule has 1 N–H and O–H groups in total. The minimum absolute atomic E-state index is 0.0417. The standard InChI is InChI=1S/C27H31N3O5S/c1-18-7-12-24(13-8-18)36(32,33)30(25-15-23(34-5)11-14-26(25)35-6)17-27(31)29-28-16-22-10-9-19(2)20(3)21(22)4/h7-16H,17H2,1-6H3,(H,29,31)/b28-16-. The van der Waals surface area contributed by atoms with Crippen LogP contribution in [0.3, 0.4) is 0 Å². The van der Waals surface area contributed by atoms with Gasteiger partial charge in [-0.2, -0.15) is 5.10 Å². The van der Waals surface area contributed by atoms with Crippen LogP contribution in [0.5, 0.6) is 11.5 Å². The van der Waals surface area contributed by atoms with Crippen LogP contribution in [-0.4, -0.2) is 41.3 Å². The van der Waals surface area contributed by atoms with E-state index in [1.165, 1.54) is 32.4 Å². The summed E-state index contributed by atoms with van der Waals surface area (Å²) in [7, 11) is -1.23. The van der Waals surface area contributed by atoms with E-state index in [4.69, 9.17) is 9.47 Å². The van der Waals surface area contributed by atoms with E-state index in [1.54, 1.807) is 30.5 Å². The van der Waals surface area contributed by atoms with Gasteiger partial charge >= 0.3 is 0 Å². The average molecular weight is 510 g/mol. The summed E-state index contributed by atoms with van der Waals surface area (Å²) in [4.78, 5) is 12.9. The number of hydrazone groups is 1. The molecule has 190 valence electrons. The molecule has 9 heteroatoms. The molecule has 0 bridgehead atoms. The maximum absolute atomic E-state index is 13.7. The number of amides is 1. The number of sulfonamides is 1. The van der Waals surface area contributed by atoms with Crippen molar-refractivity contribution in [3.05, 3.63) is 82.4 Å². The molecule has 3 aromatic rings. The van der Waals surface area contributed by atoms with Crippen molar-refractivity contribution in [2.24, 2.45) is 5.10 Å². The van der Waals surface area contributed by atoms with Crippen molar-refractivity contribution < 1.29 is 22.7 Å². The average Bonchev–Trinajstić information content (AvgIpc) is 2.87. The van der Waals surface area contributed by atoms with Gasteiger partial charge in [-0.1, -0.05) is 29.8 Å². The summed E-state index contributed by atoms with van der Waals surface area (Å²) in [5.41, 5.74) is 7.74. The highest BCUT2D eigenvalue weighted by Crippen LogP contribution is 2.35.